The standard InChI is InChI=1S/C25H18BrCl2N3OS/c1-14-12-16(6-7-17(14)26)31-24(23(30-25(31)33)20-4-2-3-11-29-20)22-10-9-21(32-22)15-5-8-18(27)19(28)13-15/h2-13,23-24H,1H3,(H,30,33)/t23-,24-/m1/s1. The molecule has 1 saturated heterocycles. The zero-order valence-electron chi connectivity index (χ0n) is 17.4. The minimum Gasteiger partial charge on any atom is -0.459 e. The molecule has 2 aromatic heterocycles. The Morgan fingerprint density at radius 1 is 1.03 bits per heavy atom. The SMILES string of the molecule is Cc1cc(N2C(=S)N[C@H](c3ccccn3)[C@H]2c2ccc(-c3ccc(Cl)c(Cl)c3)o2)ccc1Br. The molecule has 3 heterocycles. The van der Waals surface area contributed by atoms with Gasteiger partial charge in [0.1, 0.15) is 17.6 Å². The molecular formula is C25H18BrCl2N3OS. The van der Waals surface area contributed by atoms with Crippen LogP contribution in [0.15, 0.2) is 81.8 Å². The number of thiocarbonyl (C=S) groups is 1. The summed E-state index contributed by atoms with van der Waals surface area (Å²) in [7, 11) is 0. The predicted octanol–water partition coefficient (Wildman–Crippen LogP) is 7.90. The van der Waals surface area contributed by atoms with Gasteiger partial charge in [-0.3, -0.25) is 4.98 Å². The largest absolute Gasteiger partial charge is 0.459 e. The van der Waals surface area contributed by atoms with Crippen molar-refractivity contribution in [1.82, 2.24) is 10.3 Å². The number of nitrogens with one attached hydrogen (secondary N) is 1. The van der Waals surface area contributed by atoms with E-state index in [9.17, 15) is 0 Å². The van der Waals surface area contributed by atoms with E-state index >= 15 is 0 Å². The van der Waals surface area contributed by atoms with Gasteiger partial charge in [0.2, 0.25) is 0 Å². The number of hydrogen-bond donors (Lipinski definition) is 1. The van der Waals surface area contributed by atoms with E-state index in [0.717, 1.165) is 32.7 Å². The second-order valence-electron chi connectivity index (χ2n) is 7.76. The molecule has 0 aliphatic carbocycles. The van der Waals surface area contributed by atoms with Gasteiger partial charge in [-0.15, -0.1) is 0 Å². The molecule has 166 valence electrons. The minimum atomic E-state index is -0.232. The normalized spacial score (nSPS) is 17.9. The number of aromatic nitrogens is 1. The second kappa shape index (κ2) is 9.11. The van der Waals surface area contributed by atoms with Crippen molar-refractivity contribution in [1.29, 1.82) is 0 Å². The smallest absolute Gasteiger partial charge is 0.174 e. The lowest BCUT2D eigenvalue weighted by Crippen LogP contribution is -2.29. The Bertz CT molecular complexity index is 1340. The van der Waals surface area contributed by atoms with Crippen molar-refractivity contribution < 1.29 is 4.42 Å². The number of aryl methyl sites for hydroxylation is 1. The van der Waals surface area contributed by atoms with Gasteiger partial charge in [0.05, 0.1) is 21.8 Å². The van der Waals surface area contributed by atoms with Crippen LogP contribution >= 0.6 is 51.3 Å². The summed E-state index contributed by atoms with van der Waals surface area (Å²) in [6.07, 6.45) is 1.78. The first kappa shape index (κ1) is 22.4. The first-order valence-corrected chi connectivity index (χ1v) is 12.2. The number of hydrogen-bond acceptors (Lipinski definition) is 3. The Balaban J connectivity index is 1.61. The summed E-state index contributed by atoms with van der Waals surface area (Å²) in [6.45, 7) is 2.06. The third-order valence-electron chi connectivity index (χ3n) is 5.64. The Labute approximate surface area is 215 Å². The fourth-order valence-electron chi connectivity index (χ4n) is 4.02. The van der Waals surface area contributed by atoms with Crippen LogP contribution in [0, 0.1) is 6.92 Å². The number of halogens is 3. The molecule has 33 heavy (non-hydrogen) atoms. The summed E-state index contributed by atoms with van der Waals surface area (Å²) in [5.74, 6) is 1.47. The van der Waals surface area contributed by atoms with Crippen LogP contribution in [0.3, 0.4) is 0 Å². The van der Waals surface area contributed by atoms with Crippen LogP contribution in [0.1, 0.15) is 29.1 Å². The maximum absolute atomic E-state index is 6.37. The van der Waals surface area contributed by atoms with Gasteiger partial charge in [0.25, 0.3) is 0 Å². The fraction of sp³-hybridized carbons (Fsp3) is 0.120. The molecule has 1 aliphatic rings. The summed E-state index contributed by atoms with van der Waals surface area (Å²) >= 11 is 21.7. The highest BCUT2D eigenvalue weighted by atomic mass is 79.9. The van der Waals surface area contributed by atoms with Gasteiger partial charge in [-0.05, 0) is 85.4 Å². The van der Waals surface area contributed by atoms with E-state index in [1.807, 2.05) is 48.5 Å². The molecule has 0 radical (unpaired) electrons. The average Bonchev–Trinajstić information content (AvgIpc) is 3.43. The molecule has 0 unspecified atom stereocenters. The molecule has 0 amide bonds. The van der Waals surface area contributed by atoms with E-state index in [0.29, 0.717) is 20.9 Å². The molecule has 0 bridgehead atoms. The van der Waals surface area contributed by atoms with Crippen molar-refractivity contribution >= 4 is 62.1 Å². The summed E-state index contributed by atoms with van der Waals surface area (Å²) in [5.41, 5.74) is 3.83. The fourth-order valence-corrected chi connectivity index (χ4v) is 4.91. The number of furan rings is 1. The zero-order valence-corrected chi connectivity index (χ0v) is 21.3. The van der Waals surface area contributed by atoms with Crippen LogP contribution in [0.2, 0.25) is 10.0 Å². The van der Waals surface area contributed by atoms with E-state index in [-0.39, 0.29) is 12.1 Å². The molecule has 2 atom stereocenters. The number of anilines is 1. The van der Waals surface area contributed by atoms with Crippen molar-refractivity contribution in [2.45, 2.75) is 19.0 Å². The first-order chi connectivity index (χ1) is 15.9. The molecule has 1 N–H and O–H groups in total. The van der Waals surface area contributed by atoms with Gasteiger partial charge in [-0.2, -0.15) is 0 Å². The Kier molecular flexibility index (Phi) is 6.18. The van der Waals surface area contributed by atoms with Crippen LogP contribution in [0.4, 0.5) is 5.69 Å². The van der Waals surface area contributed by atoms with Crippen LogP contribution in [-0.4, -0.2) is 10.1 Å². The third kappa shape index (κ3) is 4.28. The molecular weight excluding hydrogens is 541 g/mol. The Hall–Kier alpha value is -2.38. The predicted molar refractivity (Wildman–Crippen MR) is 141 cm³/mol. The molecule has 4 aromatic rings. The lowest BCUT2D eigenvalue weighted by atomic mass is 10.0. The van der Waals surface area contributed by atoms with E-state index in [2.05, 4.69) is 44.1 Å². The van der Waals surface area contributed by atoms with Gasteiger partial charge in [0.15, 0.2) is 5.11 Å². The maximum Gasteiger partial charge on any atom is 0.174 e. The number of nitrogens with zero attached hydrogens (tertiary/aromatic N) is 2. The lowest BCUT2D eigenvalue weighted by molar-refractivity contribution is 0.439. The van der Waals surface area contributed by atoms with Gasteiger partial charge in [0, 0.05) is 21.9 Å². The molecule has 8 heteroatoms. The van der Waals surface area contributed by atoms with E-state index in [1.54, 1.807) is 18.3 Å². The summed E-state index contributed by atoms with van der Waals surface area (Å²) in [5, 5.41) is 5.05. The van der Waals surface area contributed by atoms with Crippen molar-refractivity contribution in [2.75, 3.05) is 4.90 Å². The van der Waals surface area contributed by atoms with Crippen LogP contribution in [0.5, 0.6) is 0 Å². The van der Waals surface area contributed by atoms with E-state index in [1.165, 1.54) is 0 Å². The Morgan fingerprint density at radius 2 is 1.88 bits per heavy atom. The highest BCUT2D eigenvalue weighted by Crippen LogP contribution is 2.43. The van der Waals surface area contributed by atoms with E-state index < -0.39 is 0 Å². The molecule has 5 rings (SSSR count). The molecule has 1 fully saturated rings. The molecule has 4 nitrogen and oxygen atoms in total. The lowest BCUT2D eigenvalue weighted by Gasteiger charge is -2.26. The third-order valence-corrected chi connectivity index (χ3v) is 7.58. The Morgan fingerprint density at radius 3 is 2.61 bits per heavy atom. The van der Waals surface area contributed by atoms with Crippen LogP contribution in [-0.2, 0) is 0 Å². The first-order valence-electron chi connectivity index (χ1n) is 10.2. The average molecular weight is 559 g/mol. The number of benzene rings is 2. The second-order valence-corrected chi connectivity index (χ2v) is 9.82. The minimum absolute atomic E-state index is 0.185. The van der Waals surface area contributed by atoms with Crippen molar-refractivity contribution in [3.8, 4) is 11.3 Å². The van der Waals surface area contributed by atoms with Gasteiger partial charge in [-0.1, -0.05) is 45.2 Å². The van der Waals surface area contributed by atoms with Crippen molar-refractivity contribution in [2.24, 2.45) is 0 Å². The highest BCUT2D eigenvalue weighted by Gasteiger charge is 2.42. The number of pyridine rings is 1. The summed E-state index contributed by atoms with van der Waals surface area (Å²) < 4.78 is 7.42. The van der Waals surface area contributed by atoms with Gasteiger partial charge in [-0.25, -0.2) is 0 Å². The summed E-state index contributed by atoms with van der Waals surface area (Å²) in [6, 6.07) is 21.0. The zero-order chi connectivity index (χ0) is 23.1. The van der Waals surface area contributed by atoms with Crippen LogP contribution < -0.4 is 10.2 Å². The van der Waals surface area contributed by atoms with Gasteiger partial charge < -0.3 is 14.6 Å². The topological polar surface area (TPSA) is 41.3 Å². The van der Waals surface area contributed by atoms with E-state index in [4.69, 9.17) is 39.8 Å². The van der Waals surface area contributed by atoms with Crippen LogP contribution in [0.25, 0.3) is 11.3 Å². The monoisotopic (exact) mass is 557 g/mol. The molecule has 1 aliphatic heterocycles. The van der Waals surface area contributed by atoms with Crippen molar-refractivity contribution in [3.05, 3.63) is 104 Å². The molecule has 2 aromatic carbocycles. The highest BCUT2D eigenvalue weighted by molar-refractivity contribution is 9.10. The van der Waals surface area contributed by atoms with Gasteiger partial charge >= 0.3 is 0 Å². The molecule has 0 saturated carbocycles. The maximum atomic E-state index is 6.37. The van der Waals surface area contributed by atoms with Crippen molar-refractivity contribution in [3.63, 3.8) is 0 Å². The summed E-state index contributed by atoms with van der Waals surface area (Å²) in [4.78, 5) is 6.68. The quantitative estimate of drug-likeness (QED) is 0.258. The molecule has 0 spiro atoms. The number of rotatable bonds is 4.